The highest BCUT2D eigenvalue weighted by molar-refractivity contribution is 5.90. The van der Waals surface area contributed by atoms with Gasteiger partial charge in [0.05, 0.1) is 37.8 Å². The van der Waals surface area contributed by atoms with E-state index in [1.165, 1.54) is 7.11 Å². The molecule has 0 saturated carbocycles. The number of hydrogen-bond donors (Lipinski definition) is 1. The Hall–Kier alpha value is -4.06. The molecule has 2 heterocycles. The van der Waals surface area contributed by atoms with Crippen molar-refractivity contribution in [2.24, 2.45) is 10.8 Å². The molecule has 2 aromatic rings. The van der Waals surface area contributed by atoms with Gasteiger partial charge in [0.1, 0.15) is 17.6 Å². The molecule has 1 N–H and O–H groups in total. The SMILES string of the molecule is CCOc1ccc(C2OC3(C)OC(=N)C(C#N)(C3c3ccccc3OC)C2(C#N)C#N)cc1. The number of nitriles is 3. The van der Waals surface area contributed by atoms with E-state index in [1.54, 1.807) is 55.5 Å². The first kappa shape index (κ1) is 22.1. The van der Waals surface area contributed by atoms with E-state index in [4.69, 9.17) is 24.4 Å². The monoisotopic (exact) mass is 442 g/mol. The van der Waals surface area contributed by atoms with E-state index in [0.717, 1.165) is 0 Å². The minimum atomic E-state index is -2.08. The molecule has 2 saturated heterocycles. The minimum Gasteiger partial charge on any atom is -0.496 e. The van der Waals surface area contributed by atoms with Gasteiger partial charge in [-0.1, -0.05) is 30.3 Å². The summed E-state index contributed by atoms with van der Waals surface area (Å²) >= 11 is 0. The van der Waals surface area contributed by atoms with Gasteiger partial charge in [-0.2, -0.15) is 15.8 Å². The minimum absolute atomic E-state index is 0.444. The van der Waals surface area contributed by atoms with Crippen LogP contribution in [0, 0.1) is 50.2 Å². The van der Waals surface area contributed by atoms with Gasteiger partial charge >= 0.3 is 0 Å². The van der Waals surface area contributed by atoms with Crippen molar-refractivity contribution in [3.8, 4) is 29.7 Å². The Morgan fingerprint density at radius 1 is 1.03 bits per heavy atom. The first-order valence-corrected chi connectivity index (χ1v) is 10.4. The fourth-order valence-corrected chi connectivity index (χ4v) is 5.06. The van der Waals surface area contributed by atoms with E-state index >= 15 is 0 Å². The van der Waals surface area contributed by atoms with Gasteiger partial charge in [-0.15, -0.1) is 0 Å². The molecule has 4 unspecified atom stereocenters. The standard InChI is InChI=1S/C25H22N4O4/c1-4-31-17-11-9-16(10-12-17)21-24(13-26,14-27)25(15-28)20(23(2,32-21)33-22(25)29)18-7-5-6-8-19(18)30-3/h5-12,20-21,29H,4H2,1-3H3. The summed E-state index contributed by atoms with van der Waals surface area (Å²) in [5.41, 5.74) is -3.00. The van der Waals surface area contributed by atoms with Crippen molar-refractivity contribution in [1.29, 1.82) is 21.2 Å². The number of para-hydroxylation sites is 1. The molecule has 166 valence electrons. The largest absolute Gasteiger partial charge is 0.496 e. The van der Waals surface area contributed by atoms with Gasteiger partial charge in [0.15, 0.2) is 5.41 Å². The van der Waals surface area contributed by atoms with E-state index < -0.39 is 34.5 Å². The predicted molar refractivity (Wildman–Crippen MR) is 116 cm³/mol. The zero-order valence-corrected chi connectivity index (χ0v) is 18.5. The number of methoxy groups -OCH3 is 1. The number of hydrogen-bond acceptors (Lipinski definition) is 8. The van der Waals surface area contributed by atoms with Gasteiger partial charge < -0.3 is 18.9 Å². The molecule has 8 heteroatoms. The van der Waals surface area contributed by atoms with Crippen LogP contribution in [-0.4, -0.2) is 25.4 Å². The van der Waals surface area contributed by atoms with Gasteiger partial charge in [-0.05, 0) is 30.7 Å². The second-order valence-corrected chi connectivity index (χ2v) is 8.07. The normalized spacial score (nSPS) is 29.2. The second-order valence-electron chi connectivity index (χ2n) is 8.07. The smallest absolute Gasteiger partial charge is 0.219 e. The lowest BCUT2D eigenvalue weighted by Gasteiger charge is -2.49. The molecular weight excluding hydrogens is 420 g/mol. The van der Waals surface area contributed by atoms with Gasteiger partial charge in [-0.25, -0.2) is 0 Å². The maximum Gasteiger partial charge on any atom is 0.219 e. The topological polar surface area (TPSA) is 132 Å². The molecule has 0 radical (unpaired) electrons. The Kier molecular flexibility index (Phi) is 5.24. The van der Waals surface area contributed by atoms with Crippen LogP contribution in [0.1, 0.15) is 37.0 Å². The van der Waals surface area contributed by atoms with Crippen LogP contribution in [0.2, 0.25) is 0 Å². The van der Waals surface area contributed by atoms with E-state index in [1.807, 2.05) is 6.92 Å². The summed E-state index contributed by atoms with van der Waals surface area (Å²) in [6.07, 6.45) is -1.15. The van der Waals surface area contributed by atoms with E-state index in [2.05, 4.69) is 18.2 Å². The lowest BCUT2D eigenvalue weighted by atomic mass is 9.52. The molecule has 4 rings (SSSR count). The van der Waals surface area contributed by atoms with Crippen molar-refractivity contribution in [3.63, 3.8) is 0 Å². The highest BCUT2D eigenvalue weighted by atomic mass is 16.7. The Morgan fingerprint density at radius 3 is 2.27 bits per heavy atom. The molecule has 2 fully saturated rings. The second kappa shape index (κ2) is 7.81. The molecule has 2 aliphatic rings. The molecular formula is C25H22N4O4. The Balaban J connectivity index is 1.98. The van der Waals surface area contributed by atoms with Crippen molar-refractivity contribution in [2.45, 2.75) is 31.7 Å². The average Bonchev–Trinajstić information content (AvgIpc) is 3.02. The fourth-order valence-electron chi connectivity index (χ4n) is 5.06. The van der Waals surface area contributed by atoms with Crippen molar-refractivity contribution in [1.82, 2.24) is 0 Å². The first-order valence-electron chi connectivity index (χ1n) is 10.4. The highest BCUT2D eigenvalue weighted by Crippen LogP contribution is 2.70. The van der Waals surface area contributed by atoms with Gasteiger partial charge in [0, 0.05) is 12.5 Å². The molecule has 2 bridgehead atoms. The Bertz CT molecular complexity index is 1210. The predicted octanol–water partition coefficient (Wildman–Crippen LogP) is 4.22. The van der Waals surface area contributed by atoms with Crippen LogP contribution in [0.15, 0.2) is 48.5 Å². The van der Waals surface area contributed by atoms with Gasteiger partial charge in [0.25, 0.3) is 0 Å². The maximum absolute atomic E-state index is 10.5. The average molecular weight is 442 g/mol. The van der Waals surface area contributed by atoms with Crippen LogP contribution < -0.4 is 9.47 Å². The lowest BCUT2D eigenvalue weighted by molar-refractivity contribution is -0.253. The van der Waals surface area contributed by atoms with Crippen LogP contribution >= 0.6 is 0 Å². The number of nitrogens with one attached hydrogen (secondary N) is 1. The van der Waals surface area contributed by atoms with Crippen LogP contribution in [0.3, 0.4) is 0 Å². The Labute approximate surface area is 192 Å². The number of fused-ring (bicyclic) bond motifs is 2. The summed E-state index contributed by atoms with van der Waals surface area (Å²) in [6, 6.07) is 20.1. The number of benzene rings is 2. The number of nitrogens with zero attached hydrogens (tertiary/aromatic N) is 3. The van der Waals surface area contributed by atoms with Crippen LogP contribution in [0.4, 0.5) is 0 Å². The van der Waals surface area contributed by atoms with E-state index in [9.17, 15) is 15.8 Å². The van der Waals surface area contributed by atoms with Crippen molar-refractivity contribution >= 4 is 5.90 Å². The summed E-state index contributed by atoms with van der Waals surface area (Å²) in [5, 5.41) is 40.0. The van der Waals surface area contributed by atoms with Gasteiger partial charge in [0.2, 0.25) is 17.1 Å². The third-order valence-electron chi connectivity index (χ3n) is 6.46. The molecule has 4 atom stereocenters. The van der Waals surface area contributed by atoms with E-state index in [0.29, 0.717) is 29.2 Å². The molecule has 2 aliphatic heterocycles. The van der Waals surface area contributed by atoms with Crippen LogP contribution in [0.5, 0.6) is 11.5 Å². The third-order valence-corrected chi connectivity index (χ3v) is 6.46. The number of ether oxygens (including phenoxy) is 4. The zero-order chi connectivity index (χ0) is 23.9. The third kappa shape index (κ3) is 2.80. The fraction of sp³-hybridized carbons (Fsp3) is 0.360. The van der Waals surface area contributed by atoms with Crippen LogP contribution in [-0.2, 0) is 9.47 Å². The lowest BCUT2D eigenvalue weighted by Crippen LogP contribution is -2.57. The maximum atomic E-state index is 10.5. The first-order chi connectivity index (χ1) is 15.9. The molecule has 0 aliphatic carbocycles. The molecule has 0 spiro atoms. The van der Waals surface area contributed by atoms with Crippen molar-refractivity contribution in [3.05, 3.63) is 59.7 Å². The zero-order valence-electron chi connectivity index (χ0n) is 18.5. The van der Waals surface area contributed by atoms with Crippen molar-refractivity contribution < 1.29 is 18.9 Å². The van der Waals surface area contributed by atoms with Gasteiger partial charge in [-0.3, -0.25) is 5.41 Å². The summed E-state index contributed by atoms with van der Waals surface area (Å²) < 4.78 is 23.2. The quantitative estimate of drug-likeness (QED) is 0.733. The molecule has 0 amide bonds. The van der Waals surface area contributed by atoms with Crippen molar-refractivity contribution in [2.75, 3.05) is 13.7 Å². The highest BCUT2D eigenvalue weighted by Gasteiger charge is 2.80. The summed E-state index contributed by atoms with van der Waals surface area (Å²) in [4.78, 5) is 0. The summed E-state index contributed by atoms with van der Waals surface area (Å²) in [6.45, 7) is 3.98. The Morgan fingerprint density at radius 2 is 1.70 bits per heavy atom. The molecule has 33 heavy (non-hydrogen) atoms. The summed E-state index contributed by atoms with van der Waals surface area (Å²) in [7, 11) is 1.49. The number of rotatable bonds is 5. The summed E-state index contributed by atoms with van der Waals surface area (Å²) in [5.74, 6) is -1.87. The molecule has 2 aromatic carbocycles. The molecule has 0 aromatic heterocycles. The van der Waals surface area contributed by atoms with E-state index in [-0.39, 0.29) is 0 Å². The molecule has 8 nitrogen and oxygen atoms in total. The van der Waals surface area contributed by atoms with Crippen LogP contribution in [0.25, 0.3) is 0 Å².